The van der Waals surface area contributed by atoms with Gasteiger partial charge in [0.25, 0.3) is 5.91 Å². The van der Waals surface area contributed by atoms with Gasteiger partial charge in [0, 0.05) is 31.5 Å². The number of piperidine rings is 1. The minimum Gasteiger partial charge on any atom is -0.480 e. The van der Waals surface area contributed by atoms with E-state index in [1.807, 2.05) is 43.3 Å². The lowest BCUT2D eigenvalue weighted by atomic mass is 9.96. The molecule has 2 aliphatic rings. The Morgan fingerprint density at radius 3 is 2.42 bits per heavy atom. The highest BCUT2D eigenvalue weighted by Crippen LogP contribution is 2.38. The smallest absolute Gasteiger partial charge is 0.328 e. The van der Waals surface area contributed by atoms with E-state index in [4.69, 9.17) is 4.74 Å². The van der Waals surface area contributed by atoms with Gasteiger partial charge in [0.05, 0.1) is 13.0 Å². The van der Waals surface area contributed by atoms with Crippen LogP contribution < -0.4 is 0 Å². The van der Waals surface area contributed by atoms with Gasteiger partial charge in [0.15, 0.2) is 6.04 Å². The molecule has 2 fully saturated rings. The first-order valence-corrected chi connectivity index (χ1v) is 10.5. The first-order chi connectivity index (χ1) is 14.9. The molecule has 2 amide bonds. The van der Waals surface area contributed by atoms with Crippen molar-refractivity contribution in [2.75, 3.05) is 19.7 Å². The monoisotopic (exact) mass is 422 g/mol. The molecule has 2 heterocycles. The highest BCUT2D eigenvalue weighted by atomic mass is 16.5. The van der Waals surface area contributed by atoms with E-state index < -0.39 is 17.7 Å². The van der Waals surface area contributed by atoms with Crippen LogP contribution in [0.4, 0.5) is 0 Å². The van der Waals surface area contributed by atoms with Crippen LogP contribution in [-0.2, 0) is 20.7 Å². The van der Waals surface area contributed by atoms with E-state index in [2.05, 4.69) is 0 Å². The molecule has 4 rings (SSSR count). The van der Waals surface area contributed by atoms with Crippen LogP contribution in [0.2, 0.25) is 0 Å². The summed E-state index contributed by atoms with van der Waals surface area (Å²) in [4.78, 5) is 41.1. The van der Waals surface area contributed by atoms with E-state index in [-0.39, 0.29) is 18.4 Å². The van der Waals surface area contributed by atoms with Crippen molar-refractivity contribution < 1.29 is 24.2 Å². The average Bonchev–Trinajstić information content (AvgIpc) is 3.13. The van der Waals surface area contributed by atoms with Crippen molar-refractivity contribution in [1.29, 1.82) is 0 Å². The zero-order valence-corrected chi connectivity index (χ0v) is 17.5. The van der Waals surface area contributed by atoms with Crippen molar-refractivity contribution in [3.63, 3.8) is 0 Å². The second-order valence-corrected chi connectivity index (χ2v) is 8.20. The summed E-state index contributed by atoms with van der Waals surface area (Å²) in [6, 6.07) is 15.6. The molecule has 2 saturated heterocycles. The van der Waals surface area contributed by atoms with Crippen molar-refractivity contribution in [2.24, 2.45) is 0 Å². The summed E-state index contributed by atoms with van der Waals surface area (Å²) >= 11 is 0. The molecule has 162 valence electrons. The lowest BCUT2D eigenvalue weighted by Crippen LogP contribution is -2.58. The molecule has 7 nitrogen and oxygen atoms in total. The maximum atomic E-state index is 13.3. The van der Waals surface area contributed by atoms with Crippen molar-refractivity contribution in [1.82, 2.24) is 9.80 Å². The number of carbonyl (C=O) groups is 3. The second kappa shape index (κ2) is 8.51. The predicted molar refractivity (Wildman–Crippen MR) is 113 cm³/mol. The van der Waals surface area contributed by atoms with E-state index in [0.29, 0.717) is 37.9 Å². The Balaban J connectivity index is 1.51. The summed E-state index contributed by atoms with van der Waals surface area (Å²) in [7, 11) is 0. The molecule has 2 aliphatic heterocycles. The van der Waals surface area contributed by atoms with E-state index >= 15 is 0 Å². The van der Waals surface area contributed by atoms with E-state index in [9.17, 15) is 19.5 Å². The average molecular weight is 422 g/mol. The highest BCUT2D eigenvalue weighted by molar-refractivity contribution is 5.97. The van der Waals surface area contributed by atoms with Crippen LogP contribution in [0.3, 0.4) is 0 Å². The van der Waals surface area contributed by atoms with Gasteiger partial charge in [0.2, 0.25) is 5.91 Å². The Hall–Kier alpha value is -3.19. The van der Waals surface area contributed by atoms with Crippen molar-refractivity contribution in [3.05, 3.63) is 71.3 Å². The van der Waals surface area contributed by atoms with Gasteiger partial charge in [-0.15, -0.1) is 0 Å². The van der Waals surface area contributed by atoms with Crippen molar-refractivity contribution in [2.45, 2.75) is 38.0 Å². The van der Waals surface area contributed by atoms with Crippen LogP contribution in [0, 0.1) is 6.92 Å². The van der Waals surface area contributed by atoms with Crippen LogP contribution in [0.25, 0.3) is 0 Å². The number of ether oxygens (including phenoxy) is 1. The number of aryl methyl sites for hydroxylation is 1. The molecule has 1 atom stereocenters. The first kappa shape index (κ1) is 21.1. The predicted octanol–water partition coefficient (Wildman–Crippen LogP) is 2.48. The second-order valence-electron chi connectivity index (χ2n) is 8.20. The van der Waals surface area contributed by atoms with Crippen molar-refractivity contribution in [3.8, 4) is 0 Å². The number of hydrogen-bond donors (Lipinski definition) is 1. The number of carboxylic acid groups (broad SMARTS) is 1. The number of carboxylic acids is 1. The van der Waals surface area contributed by atoms with Gasteiger partial charge in [-0.05, 0) is 24.6 Å². The molecule has 0 radical (unpaired) electrons. The number of likely N-dealkylation sites (tertiary alicyclic amines) is 1. The van der Waals surface area contributed by atoms with Gasteiger partial charge in [0.1, 0.15) is 5.72 Å². The molecule has 7 heteroatoms. The van der Waals surface area contributed by atoms with E-state index in [1.54, 1.807) is 23.1 Å². The van der Waals surface area contributed by atoms with E-state index in [0.717, 1.165) is 11.1 Å². The molecular formula is C24H26N2O5. The van der Waals surface area contributed by atoms with Crippen LogP contribution in [0.15, 0.2) is 54.6 Å². The Kier molecular flexibility index (Phi) is 5.78. The molecular weight excluding hydrogens is 396 g/mol. The zero-order valence-electron chi connectivity index (χ0n) is 17.5. The Morgan fingerprint density at radius 2 is 1.77 bits per heavy atom. The largest absolute Gasteiger partial charge is 0.480 e. The standard InChI is InChI=1S/C24H26N2O5/c1-17-6-5-9-19(14-17)22(28)26-20(23(29)30)16-31-24(26)10-12-25(13-11-24)21(27)15-18-7-3-2-4-8-18/h2-9,14,20H,10-13,15-16H2,1H3,(H,29,30). The highest BCUT2D eigenvalue weighted by Gasteiger charge is 2.54. The summed E-state index contributed by atoms with van der Waals surface area (Å²) in [5.74, 6) is -1.41. The fourth-order valence-corrected chi connectivity index (χ4v) is 4.46. The first-order valence-electron chi connectivity index (χ1n) is 10.5. The quantitative estimate of drug-likeness (QED) is 0.818. The summed E-state index contributed by atoms with van der Waals surface area (Å²) in [6.45, 7) is 2.66. The number of carbonyl (C=O) groups excluding carboxylic acids is 2. The SMILES string of the molecule is Cc1cccc(C(=O)N2C(C(=O)O)COC23CCN(C(=O)Cc2ccccc2)CC3)c1. The molecule has 31 heavy (non-hydrogen) atoms. The van der Waals surface area contributed by atoms with Gasteiger partial charge >= 0.3 is 5.97 Å². The molecule has 0 aliphatic carbocycles. The summed E-state index contributed by atoms with van der Waals surface area (Å²) in [5.41, 5.74) is 1.31. The molecule has 1 spiro atoms. The lowest BCUT2D eigenvalue weighted by Gasteiger charge is -2.44. The number of aliphatic carboxylic acids is 1. The summed E-state index contributed by atoms with van der Waals surface area (Å²) in [6.07, 6.45) is 1.09. The zero-order chi connectivity index (χ0) is 22.0. The minimum atomic E-state index is -1.08. The van der Waals surface area contributed by atoms with Gasteiger partial charge in [-0.25, -0.2) is 4.79 Å². The van der Waals surface area contributed by atoms with E-state index in [1.165, 1.54) is 4.90 Å². The van der Waals surface area contributed by atoms with Crippen LogP contribution in [0.5, 0.6) is 0 Å². The number of hydrogen-bond acceptors (Lipinski definition) is 4. The molecule has 0 bridgehead atoms. The maximum absolute atomic E-state index is 13.3. The topological polar surface area (TPSA) is 87.2 Å². The fourth-order valence-electron chi connectivity index (χ4n) is 4.46. The molecule has 1 N–H and O–H groups in total. The molecule has 2 aromatic carbocycles. The third-order valence-corrected chi connectivity index (χ3v) is 6.13. The Morgan fingerprint density at radius 1 is 1.06 bits per heavy atom. The number of nitrogens with zero attached hydrogens (tertiary/aromatic N) is 2. The Labute approximate surface area is 181 Å². The normalized spacial score (nSPS) is 20.1. The fraction of sp³-hybridized carbons (Fsp3) is 0.375. The number of rotatable bonds is 4. The molecule has 1 unspecified atom stereocenters. The van der Waals surface area contributed by atoms with Gasteiger partial charge in [-0.2, -0.15) is 0 Å². The number of amides is 2. The van der Waals surface area contributed by atoms with Gasteiger partial charge in [-0.1, -0.05) is 48.0 Å². The van der Waals surface area contributed by atoms with Crippen LogP contribution in [0.1, 0.15) is 34.3 Å². The van der Waals surface area contributed by atoms with Crippen LogP contribution in [-0.4, -0.2) is 64.2 Å². The molecule has 2 aromatic rings. The minimum absolute atomic E-state index is 0.0189. The van der Waals surface area contributed by atoms with Gasteiger partial charge < -0.3 is 14.7 Å². The summed E-state index contributed by atoms with van der Waals surface area (Å²) in [5, 5.41) is 9.71. The number of benzene rings is 2. The van der Waals surface area contributed by atoms with Crippen LogP contribution >= 0.6 is 0 Å². The lowest BCUT2D eigenvalue weighted by molar-refractivity contribution is -0.147. The van der Waals surface area contributed by atoms with Gasteiger partial charge in [-0.3, -0.25) is 14.5 Å². The maximum Gasteiger partial charge on any atom is 0.328 e. The third-order valence-electron chi connectivity index (χ3n) is 6.13. The summed E-state index contributed by atoms with van der Waals surface area (Å²) < 4.78 is 5.97. The van der Waals surface area contributed by atoms with Crippen molar-refractivity contribution >= 4 is 17.8 Å². The molecule has 0 aromatic heterocycles. The third kappa shape index (κ3) is 4.18. The Bertz CT molecular complexity index is 982. The molecule has 0 saturated carbocycles.